The van der Waals surface area contributed by atoms with Crippen molar-refractivity contribution in [3.05, 3.63) is 81.1 Å². The van der Waals surface area contributed by atoms with Gasteiger partial charge in [0.2, 0.25) is 5.78 Å². The molecule has 2 aromatic rings. The van der Waals surface area contributed by atoms with E-state index in [1.807, 2.05) is 32.0 Å². The number of fused-ring (bicyclic) bond motifs is 3. The summed E-state index contributed by atoms with van der Waals surface area (Å²) in [5, 5.41) is 56.9. The Hall–Kier alpha value is -4.25. The first-order chi connectivity index (χ1) is 18.7. The third-order valence-electron chi connectivity index (χ3n) is 8.27. The molecule has 1 amide bonds. The van der Waals surface area contributed by atoms with E-state index in [9.17, 15) is 39.9 Å². The summed E-state index contributed by atoms with van der Waals surface area (Å²) in [6, 6.07) is 8.74. The Morgan fingerprint density at radius 1 is 1.07 bits per heavy atom. The molecule has 0 aliphatic heterocycles. The van der Waals surface area contributed by atoms with E-state index in [1.165, 1.54) is 25.1 Å². The van der Waals surface area contributed by atoms with Gasteiger partial charge in [-0.05, 0) is 56.3 Å². The molecule has 10 nitrogen and oxygen atoms in total. The number of hydrogen-bond acceptors (Lipinski definition) is 9. The number of phenols is 1. The molecule has 0 heterocycles. The van der Waals surface area contributed by atoms with Gasteiger partial charge in [0.15, 0.2) is 11.4 Å². The van der Waals surface area contributed by atoms with Gasteiger partial charge in [0, 0.05) is 5.92 Å². The van der Waals surface area contributed by atoms with Crippen LogP contribution in [0.1, 0.15) is 27.8 Å². The van der Waals surface area contributed by atoms with E-state index in [0.29, 0.717) is 11.1 Å². The van der Waals surface area contributed by atoms with Crippen LogP contribution in [0.15, 0.2) is 53.3 Å². The third-order valence-corrected chi connectivity index (χ3v) is 8.27. The van der Waals surface area contributed by atoms with Gasteiger partial charge >= 0.3 is 0 Å². The average molecular weight is 547 g/mol. The Morgan fingerprint density at radius 2 is 1.75 bits per heavy atom. The zero-order valence-corrected chi connectivity index (χ0v) is 22.3. The Bertz CT molecular complexity index is 1600. The second-order valence-corrected chi connectivity index (χ2v) is 10.9. The fraction of sp³-hybridized carbons (Fsp3) is 0.300. The molecule has 0 spiro atoms. The molecule has 208 valence electrons. The molecule has 0 unspecified atom stereocenters. The lowest BCUT2D eigenvalue weighted by molar-refractivity contribution is -0.166. The number of amides is 1. The summed E-state index contributed by atoms with van der Waals surface area (Å²) in [7, 11) is 2.93. The average Bonchev–Trinajstić information content (AvgIpc) is 2.86. The highest BCUT2D eigenvalue weighted by Gasteiger charge is 2.68. The van der Waals surface area contributed by atoms with Gasteiger partial charge in [0.25, 0.3) is 5.91 Å². The quantitative estimate of drug-likeness (QED) is 0.311. The minimum Gasteiger partial charge on any atom is -0.508 e. The minimum atomic E-state index is -2.97. The van der Waals surface area contributed by atoms with Crippen molar-refractivity contribution in [1.82, 2.24) is 4.90 Å². The van der Waals surface area contributed by atoms with Crippen LogP contribution in [-0.4, -0.2) is 79.7 Å². The number of phenolic OH excluding ortho intramolecular Hbond substituents is 1. The molecule has 0 saturated heterocycles. The number of primary amides is 1. The number of likely N-dealkylation sites (N-methyl/N-ethyl adjacent to an activating group) is 1. The topological polar surface area (TPSA) is 182 Å². The van der Waals surface area contributed by atoms with E-state index < -0.39 is 69.7 Å². The SMILES string of the molecule is Cc1ccc(/C=C2\c3cccc(O)c3C(O)=C3C(=O)[C@]4(O)C(O)=C(C(N)=O)C(=O)[C@@H](N(C)C)[C@@H]4[C@@H](O)[C@@H]32)c(C)c1. The van der Waals surface area contributed by atoms with Crippen molar-refractivity contribution >= 4 is 34.9 Å². The number of carbonyl (C=O) groups excluding carboxylic acids is 3. The van der Waals surface area contributed by atoms with Gasteiger partial charge < -0.3 is 31.3 Å². The fourth-order valence-corrected chi connectivity index (χ4v) is 6.46. The summed E-state index contributed by atoms with van der Waals surface area (Å²) < 4.78 is 0. The molecule has 40 heavy (non-hydrogen) atoms. The van der Waals surface area contributed by atoms with E-state index in [4.69, 9.17) is 5.73 Å². The minimum absolute atomic E-state index is 0.0954. The van der Waals surface area contributed by atoms with Crippen molar-refractivity contribution in [2.75, 3.05) is 14.1 Å². The van der Waals surface area contributed by atoms with Gasteiger partial charge in [-0.2, -0.15) is 0 Å². The van der Waals surface area contributed by atoms with Crippen molar-refractivity contribution < 1.29 is 39.9 Å². The highest BCUT2D eigenvalue weighted by Crippen LogP contribution is 2.56. The molecular formula is C30H30N2O8. The summed E-state index contributed by atoms with van der Waals surface area (Å²) in [6.07, 6.45) is 0.00510. The van der Waals surface area contributed by atoms with Crippen LogP contribution in [0.3, 0.4) is 0 Å². The first-order valence-electron chi connectivity index (χ1n) is 12.7. The highest BCUT2D eigenvalue weighted by atomic mass is 16.4. The number of aryl methyl sites for hydroxylation is 2. The van der Waals surface area contributed by atoms with Crippen molar-refractivity contribution in [2.45, 2.75) is 31.6 Å². The normalized spacial score (nSPS) is 29.0. The summed E-state index contributed by atoms with van der Waals surface area (Å²) in [5.74, 6) is -8.78. The van der Waals surface area contributed by atoms with E-state index in [-0.39, 0.29) is 11.3 Å². The fourth-order valence-electron chi connectivity index (χ4n) is 6.46. The lowest BCUT2D eigenvalue weighted by atomic mass is 9.55. The standard InChI is InChI=1S/C30H30N2O8/c1-12-8-9-14(13(2)10-12)11-16-15-6-5-7-17(33)18(15)24(34)20-19(16)25(35)22-23(32(3)4)26(36)21(29(31)39)28(38)30(22,40)27(20)37/h5-11,19,22-23,25,33-35,38,40H,1-4H3,(H2,31,39)/b16-11+/t19-,22-,23+,25+,30+/m1/s1. The van der Waals surface area contributed by atoms with E-state index in [1.54, 1.807) is 18.2 Å². The van der Waals surface area contributed by atoms with Crippen molar-refractivity contribution in [3.63, 3.8) is 0 Å². The molecule has 0 aromatic heterocycles. The summed E-state index contributed by atoms with van der Waals surface area (Å²) in [5.41, 5.74) is 4.18. The number of benzene rings is 2. The van der Waals surface area contributed by atoms with E-state index in [2.05, 4.69) is 0 Å². The second-order valence-electron chi connectivity index (χ2n) is 10.9. The molecule has 5 atom stereocenters. The largest absolute Gasteiger partial charge is 0.508 e. The van der Waals surface area contributed by atoms with Crippen molar-refractivity contribution in [3.8, 4) is 5.75 Å². The monoisotopic (exact) mass is 546 g/mol. The highest BCUT2D eigenvalue weighted by molar-refractivity contribution is 6.25. The van der Waals surface area contributed by atoms with E-state index in [0.717, 1.165) is 16.7 Å². The van der Waals surface area contributed by atoms with Crippen LogP contribution >= 0.6 is 0 Å². The molecule has 10 heteroatoms. The van der Waals surface area contributed by atoms with Gasteiger partial charge in [-0.25, -0.2) is 0 Å². The molecule has 1 fully saturated rings. The Balaban J connectivity index is 1.87. The van der Waals surface area contributed by atoms with Crippen LogP contribution in [0, 0.1) is 25.7 Å². The maximum Gasteiger partial charge on any atom is 0.255 e. The molecule has 2 aromatic carbocycles. The van der Waals surface area contributed by atoms with Gasteiger partial charge in [0.1, 0.15) is 22.8 Å². The predicted octanol–water partition coefficient (Wildman–Crippen LogP) is 1.55. The Kier molecular flexibility index (Phi) is 6.25. The number of carbonyl (C=O) groups is 3. The van der Waals surface area contributed by atoms with Crippen LogP contribution in [0.5, 0.6) is 5.75 Å². The van der Waals surface area contributed by atoms with Gasteiger partial charge in [0.05, 0.1) is 29.2 Å². The summed E-state index contributed by atoms with van der Waals surface area (Å²) in [4.78, 5) is 41.1. The number of aliphatic hydroxyl groups is 4. The smallest absolute Gasteiger partial charge is 0.255 e. The molecule has 0 bridgehead atoms. The number of nitrogens with zero attached hydrogens (tertiary/aromatic N) is 1. The number of rotatable bonds is 3. The number of ketones is 2. The summed E-state index contributed by atoms with van der Waals surface area (Å²) in [6.45, 7) is 3.82. The number of Topliss-reactive ketones (excluding diaryl/α,β-unsaturated/α-hetero) is 2. The molecule has 0 radical (unpaired) electrons. The predicted molar refractivity (Wildman–Crippen MR) is 146 cm³/mol. The third kappa shape index (κ3) is 3.57. The van der Waals surface area contributed by atoms with Gasteiger partial charge in [-0.1, -0.05) is 42.0 Å². The maximum absolute atomic E-state index is 14.2. The first-order valence-corrected chi connectivity index (χ1v) is 12.7. The number of hydrogen-bond donors (Lipinski definition) is 6. The van der Waals surface area contributed by atoms with Gasteiger partial charge in [-0.3, -0.25) is 19.3 Å². The molecule has 3 aliphatic carbocycles. The molecule has 3 aliphatic rings. The Morgan fingerprint density at radius 3 is 2.35 bits per heavy atom. The first kappa shape index (κ1) is 27.3. The second kappa shape index (κ2) is 9.16. The summed E-state index contributed by atoms with van der Waals surface area (Å²) >= 11 is 0. The molecule has 7 N–H and O–H groups in total. The molecule has 1 saturated carbocycles. The van der Waals surface area contributed by atoms with Crippen LogP contribution in [-0.2, 0) is 14.4 Å². The number of nitrogens with two attached hydrogens (primary N) is 1. The van der Waals surface area contributed by atoms with E-state index >= 15 is 0 Å². The van der Waals surface area contributed by atoms with Gasteiger partial charge in [-0.15, -0.1) is 0 Å². The lowest BCUT2D eigenvalue weighted by Gasteiger charge is -2.53. The van der Waals surface area contributed by atoms with Crippen LogP contribution in [0.2, 0.25) is 0 Å². The molecular weight excluding hydrogens is 516 g/mol. The maximum atomic E-state index is 14.2. The Labute approximate surface area is 230 Å². The van der Waals surface area contributed by atoms with Crippen molar-refractivity contribution in [1.29, 1.82) is 0 Å². The van der Waals surface area contributed by atoms with Crippen LogP contribution in [0.4, 0.5) is 0 Å². The van der Waals surface area contributed by atoms with Crippen molar-refractivity contribution in [2.24, 2.45) is 17.6 Å². The number of aromatic hydroxyl groups is 1. The molecule has 5 rings (SSSR count). The zero-order valence-electron chi connectivity index (χ0n) is 22.3. The number of aliphatic hydroxyl groups excluding tert-OH is 3. The van der Waals surface area contributed by atoms with Crippen LogP contribution < -0.4 is 5.73 Å². The van der Waals surface area contributed by atoms with Crippen LogP contribution in [0.25, 0.3) is 17.4 Å². The zero-order chi connectivity index (χ0) is 29.4. The lowest BCUT2D eigenvalue weighted by Crippen LogP contribution is -2.70.